The summed E-state index contributed by atoms with van der Waals surface area (Å²) in [4.78, 5) is 14.7. The van der Waals surface area contributed by atoms with Crippen LogP contribution >= 0.6 is 0 Å². The maximum absolute atomic E-state index is 13.0. The lowest BCUT2D eigenvalue weighted by Crippen LogP contribution is -2.49. The molecule has 1 aliphatic rings. The molecule has 0 bridgehead atoms. The lowest BCUT2D eigenvalue weighted by atomic mass is 9.81. The van der Waals surface area contributed by atoms with E-state index < -0.39 is 9.04 Å². The van der Waals surface area contributed by atoms with Crippen LogP contribution < -0.4 is 23.5 Å². The van der Waals surface area contributed by atoms with E-state index in [1.165, 1.54) is 0 Å². The van der Waals surface area contributed by atoms with E-state index in [1.54, 1.807) is 38.4 Å². The van der Waals surface area contributed by atoms with Crippen molar-refractivity contribution in [1.82, 2.24) is 0 Å². The monoisotopic (exact) mass is 455 g/mol. The van der Waals surface area contributed by atoms with Crippen LogP contribution in [0.5, 0.6) is 23.0 Å². The summed E-state index contributed by atoms with van der Waals surface area (Å²) in [6.07, 6.45) is 0. The van der Waals surface area contributed by atoms with Gasteiger partial charge in [0.05, 0.1) is 33.1 Å². The van der Waals surface area contributed by atoms with Crippen molar-refractivity contribution in [2.75, 3.05) is 26.2 Å². The van der Waals surface area contributed by atoms with Crippen LogP contribution in [0.2, 0.25) is 13.1 Å². The second-order valence-electron chi connectivity index (χ2n) is 9.13. The summed E-state index contributed by atoms with van der Waals surface area (Å²) >= 11 is 0. The zero-order chi connectivity index (χ0) is 23.8. The van der Waals surface area contributed by atoms with E-state index in [-0.39, 0.29) is 17.4 Å². The minimum absolute atomic E-state index is 0.110. The molecule has 32 heavy (non-hydrogen) atoms. The molecule has 0 N–H and O–H groups in total. The number of para-hydroxylation sites is 1. The molecule has 2 aromatic carbocycles. The van der Waals surface area contributed by atoms with Crippen LogP contribution in [0.15, 0.2) is 42.5 Å². The van der Waals surface area contributed by atoms with E-state index >= 15 is 0 Å². The van der Waals surface area contributed by atoms with E-state index in [4.69, 9.17) is 18.6 Å². The van der Waals surface area contributed by atoms with Gasteiger partial charge in [0.1, 0.15) is 5.75 Å². The van der Waals surface area contributed by atoms with Crippen molar-refractivity contribution < 1.29 is 23.4 Å². The second kappa shape index (κ2) is 8.90. The van der Waals surface area contributed by atoms with Crippen LogP contribution in [0, 0.1) is 0 Å². The van der Waals surface area contributed by atoms with Crippen LogP contribution in [0.3, 0.4) is 0 Å². The molecule has 1 saturated heterocycles. The summed E-state index contributed by atoms with van der Waals surface area (Å²) in [6.45, 7) is 14.9. The Labute approximate surface area is 192 Å². The van der Waals surface area contributed by atoms with Gasteiger partial charge in [-0.2, -0.15) is 0 Å². The number of hydrogen-bond acceptors (Lipinski definition) is 5. The number of benzene rings is 2. The lowest BCUT2D eigenvalue weighted by Gasteiger charge is -2.44. The topological polar surface area (TPSA) is 57.2 Å². The first-order valence-electron chi connectivity index (χ1n) is 10.7. The predicted octanol–water partition coefficient (Wildman–Crippen LogP) is 5.02. The predicted molar refractivity (Wildman–Crippen MR) is 130 cm³/mol. The summed E-state index contributed by atoms with van der Waals surface area (Å²) in [6, 6.07) is 9.37. The number of carbonyl (C=O) groups is 1. The molecule has 1 heterocycles. The normalized spacial score (nSPS) is 16.2. The van der Waals surface area contributed by atoms with Gasteiger partial charge in [-0.05, 0) is 24.1 Å². The highest BCUT2D eigenvalue weighted by molar-refractivity contribution is 6.49. The number of rotatable bonds is 7. The molecule has 2 aromatic rings. The molecule has 6 nitrogen and oxygen atoms in total. The molecule has 1 amide bonds. The van der Waals surface area contributed by atoms with Gasteiger partial charge >= 0.3 is 0 Å². The lowest BCUT2D eigenvalue weighted by molar-refractivity contribution is -0.119. The van der Waals surface area contributed by atoms with Gasteiger partial charge < -0.3 is 18.6 Å². The van der Waals surface area contributed by atoms with E-state index in [1.807, 2.05) is 12.1 Å². The fraction of sp³-hybridized carbons (Fsp3) is 0.400. The zero-order valence-corrected chi connectivity index (χ0v) is 21.4. The first-order valence-corrected chi connectivity index (χ1v) is 13.5. The van der Waals surface area contributed by atoms with Crippen molar-refractivity contribution in [3.63, 3.8) is 0 Å². The van der Waals surface area contributed by atoms with Crippen LogP contribution in [-0.4, -0.2) is 36.3 Å². The molecular weight excluding hydrogens is 422 g/mol. The Hall–Kier alpha value is -2.93. The zero-order valence-electron chi connectivity index (χ0n) is 20.2. The molecule has 0 saturated carbocycles. The molecule has 3 rings (SSSR count). The van der Waals surface area contributed by atoms with Crippen LogP contribution in [-0.2, 0) is 10.2 Å². The number of anilines is 1. The molecule has 0 radical (unpaired) electrons. The van der Waals surface area contributed by atoms with Gasteiger partial charge in [-0.1, -0.05) is 45.5 Å². The second-order valence-corrected chi connectivity index (χ2v) is 11.5. The van der Waals surface area contributed by atoms with Crippen molar-refractivity contribution in [3.05, 3.63) is 53.6 Å². The van der Waals surface area contributed by atoms with Crippen molar-refractivity contribution in [1.29, 1.82) is 0 Å². The van der Waals surface area contributed by atoms with Crippen LogP contribution in [0.1, 0.15) is 37.9 Å². The molecule has 1 atom stereocenters. The average molecular weight is 456 g/mol. The Bertz CT molecular complexity index is 1020. The fourth-order valence-corrected chi connectivity index (χ4v) is 4.74. The largest absolute Gasteiger partial charge is 0.547 e. The number of amides is 1. The number of carbonyl (C=O) groups excluding carboxylic acids is 1. The Morgan fingerprint density at radius 2 is 1.56 bits per heavy atom. The molecule has 0 unspecified atom stereocenters. The van der Waals surface area contributed by atoms with Crippen LogP contribution in [0.4, 0.5) is 5.69 Å². The van der Waals surface area contributed by atoms with Gasteiger partial charge in [0.2, 0.25) is 14.8 Å². The highest BCUT2D eigenvalue weighted by atomic mass is 28.3. The Balaban J connectivity index is 2.18. The van der Waals surface area contributed by atoms with Crippen molar-refractivity contribution >= 4 is 20.6 Å². The number of methoxy groups -OCH3 is 3. The smallest absolute Gasteiger partial charge is 0.256 e. The summed E-state index contributed by atoms with van der Waals surface area (Å²) in [5.74, 6) is 2.17. The van der Waals surface area contributed by atoms with E-state index in [0.29, 0.717) is 28.5 Å². The summed E-state index contributed by atoms with van der Waals surface area (Å²) in [7, 11) is 3.26. The molecule has 0 aliphatic carbocycles. The number of hydrogen-bond donors (Lipinski definition) is 0. The maximum Gasteiger partial charge on any atom is 0.256 e. The molecular formula is C25H33NO5Si. The van der Waals surface area contributed by atoms with Crippen molar-refractivity contribution in [2.24, 2.45) is 0 Å². The van der Waals surface area contributed by atoms with Crippen LogP contribution in [0.25, 0.3) is 0 Å². The van der Waals surface area contributed by atoms with E-state index in [0.717, 1.165) is 16.9 Å². The third kappa shape index (κ3) is 4.09. The van der Waals surface area contributed by atoms with Gasteiger partial charge in [-0.25, -0.2) is 0 Å². The van der Waals surface area contributed by atoms with E-state index in [2.05, 4.69) is 46.5 Å². The third-order valence-corrected chi connectivity index (χ3v) is 6.22. The number of β-lactam (4-membered cyclic amide) rings is 1. The average Bonchev–Trinajstić information content (AvgIpc) is 2.74. The number of ether oxygens (including phenoxy) is 3. The Morgan fingerprint density at radius 1 is 0.969 bits per heavy atom. The van der Waals surface area contributed by atoms with Gasteiger partial charge in [0.25, 0.3) is 5.91 Å². The summed E-state index contributed by atoms with van der Waals surface area (Å²) in [5, 5.41) is 0. The van der Waals surface area contributed by atoms with Crippen molar-refractivity contribution in [2.45, 2.75) is 45.3 Å². The fourth-order valence-electron chi connectivity index (χ4n) is 4.01. The minimum Gasteiger partial charge on any atom is -0.547 e. The maximum atomic E-state index is 13.0. The van der Waals surface area contributed by atoms with Gasteiger partial charge in [0.15, 0.2) is 11.5 Å². The van der Waals surface area contributed by atoms with Crippen molar-refractivity contribution in [3.8, 4) is 23.0 Å². The van der Waals surface area contributed by atoms with Gasteiger partial charge in [-0.3, -0.25) is 9.69 Å². The highest BCUT2D eigenvalue weighted by Crippen LogP contribution is 2.50. The first-order chi connectivity index (χ1) is 15.0. The molecule has 0 aromatic heterocycles. The summed E-state index contributed by atoms with van der Waals surface area (Å²) < 4.78 is 22.9. The molecule has 172 valence electrons. The first kappa shape index (κ1) is 23.7. The molecule has 1 aliphatic heterocycles. The number of nitrogens with zero attached hydrogens (tertiary/aromatic N) is 1. The Kier molecular flexibility index (Phi) is 6.60. The highest BCUT2D eigenvalue weighted by Gasteiger charge is 2.45. The molecule has 7 heteroatoms. The molecule has 0 spiro atoms. The van der Waals surface area contributed by atoms with Gasteiger partial charge in [0, 0.05) is 23.3 Å². The quantitative estimate of drug-likeness (QED) is 0.333. The van der Waals surface area contributed by atoms with E-state index in [9.17, 15) is 4.79 Å². The third-order valence-electron chi connectivity index (χ3n) is 5.51. The molecule has 1 fully saturated rings. The standard InChI is InChI=1S/C25H33NO5Si/c1-15-21(17-11-10-12-18(25(2,3)4)22(17)31-32(8)9)26(24(15)27)16-13-19(28-5)23(30-7)20(14-16)29-6/h10-14,21,32H,1H2,2-9H3/t21-/m1/s1. The van der Waals surface area contributed by atoms with Gasteiger partial charge in [-0.15, -0.1) is 0 Å². The SMILES string of the molecule is C=C1C(=O)N(c2cc(OC)c(OC)c(OC)c2)[C@H]1c1cccc(C(C)(C)C)c1O[SiH](C)C. The summed E-state index contributed by atoms with van der Waals surface area (Å²) in [5.41, 5.74) is 3.13. The Morgan fingerprint density at radius 3 is 2.03 bits per heavy atom. The minimum atomic E-state index is -1.41.